The van der Waals surface area contributed by atoms with E-state index in [1.807, 2.05) is 0 Å². The van der Waals surface area contributed by atoms with Gasteiger partial charge in [0, 0.05) is 0 Å². The average Bonchev–Trinajstić information content (AvgIpc) is 2.33. The van der Waals surface area contributed by atoms with Gasteiger partial charge < -0.3 is 9.52 Å². The second-order valence-corrected chi connectivity index (χ2v) is 1.67. The minimum absolute atomic E-state index is 0.689. The summed E-state index contributed by atoms with van der Waals surface area (Å²) in [6, 6.07) is 0. The zero-order valence-electron chi connectivity index (χ0n) is 5.12. The van der Waals surface area contributed by atoms with E-state index in [9.17, 15) is 13.6 Å². The Kier molecular flexibility index (Phi) is 1.84. The normalized spacial score (nSPS) is 10.5. The molecule has 0 fully saturated rings. The number of carboxylic acid groups (broad SMARTS) is 1. The molecule has 1 aromatic rings. The highest BCUT2D eigenvalue weighted by molar-refractivity contribution is 5.81. The lowest BCUT2D eigenvalue weighted by Gasteiger charge is -1.87. The molecular weight excluding hydrogens is 160 g/mol. The largest absolute Gasteiger partial charge is 0.474 e. The lowest BCUT2D eigenvalue weighted by Crippen LogP contribution is -1.94. The van der Waals surface area contributed by atoms with E-state index in [0.29, 0.717) is 6.20 Å². The molecule has 0 amide bonds. The molecule has 0 spiro atoms. The summed E-state index contributed by atoms with van der Waals surface area (Å²) in [6.45, 7) is 0. The van der Waals surface area contributed by atoms with Gasteiger partial charge in [0.1, 0.15) is 0 Å². The number of rotatable bonds is 2. The fourth-order valence-corrected chi connectivity index (χ4v) is 0.486. The molecule has 0 bridgehead atoms. The Morgan fingerprint density at radius 1 is 1.73 bits per heavy atom. The van der Waals surface area contributed by atoms with Crippen molar-refractivity contribution in [1.82, 2.24) is 4.98 Å². The molecule has 11 heavy (non-hydrogen) atoms. The third-order valence-electron chi connectivity index (χ3n) is 0.922. The number of alkyl halides is 2. The monoisotopic (exact) mass is 163 g/mol. The van der Waals surface area contributed by atoms with Crippen molar-refractivity contribution in [3.05, 3.63) is 17.8 Å². The van der Waals surface area contributed by atoms with Gasteiger partial charge >= 0.3 is 11.9 Å². The molecule has 0 radical (unpaired) electrons. The van der Waals surface area contributed by atoms with Crippen molar-refractivity contribution >= 4 is 5.97 Å². The van der Waals surface area contributed by atoms with Gasteiger partial charge in [0.2, 0.25) is 0 Å². The smallest absolute Gasteiger partial charge is 0.392 e. The van der Waals surface area contributed by atoms with Crippen LogP contribution in [0, 0.1) is 0 Å². The number of hydrogen-bond acceptors (Lipinski definition) is 3. The van der Waals surface area contributed by atoms with Crippen LogP contribution in [0.15, 0.2) is 10.6 Å². The zero-order valence-corrected chi connectivity index (χ0v) is 5.12. The maximum absolute atomic E-state index is 11.7. The van der Waals surface area contributed by atoms with E-state index in [1.54, 1.807) is 0 Å². The Bertz CT molecular complexity index is 270. The van der Waals surface area contributed by atoms with E-state index < -0.39 is 24.0 Å². The quantitative estimate of drug-likeness (QED) is 0.713. The summed E-state index contributed by atoms with van der Waals surface area (Å²) in [7, 11) is 0. The SMILES string of the molecule is O=C(O)c1ncc(C(F)F)o1. The molecule has 1 N–H and O–H groups in total. The van der Waals surface area contributed by atoms with E-state index in [1.165, 1.54) is 0 Å². The Hall–Kier alpha value is -1.46. The van der Waals surface area contributed by atoms with Crippen LogP contribution in [0.5, 0.6) is 0 Å². The summed E-state index contributed by atoms with van der Waals surface area (Å²) in [6.07, 6.45) is -2.13. The van der Waals surface area contributed by atoms with Gasteiger partial charge in [0.25, 0.3) is 6.43 Å². The van der Waals surface area contributed by atoms with Crippen LogP contribution in [0.1, 0.15) is 22.9 Å². The molecule has 0 saturated heterocycles. The number of aromatic nitrogens is 1. The third-order valence-corrected chi connectivity index (χ3v) is 0.922. The first kappa shape index (κ1) is 7.64. The second kappa shape index (κ2) is 2.65. The van der Waals surface area contributed by atoms with Crippen LogP contribution in [0.25, 0.3) is 0 Å². The molecule has 0 saturated carbocycles. The predicted molar refractivity (Wildman–Crippen MR) is 28.4 cm³/mol. The first-order chi connectivity index (χ1) is 5.11. The highest BCUT2D eigenvalue weighted by atomic mass is 19.3. The highest BCUT2D eigenvalue weighted by Gasteiger charge is 2.16. The average molecular weight is 163 g/mol. The highest BCUT2D eigenvalue weighted by Crippen LogP contribution is 2.18. The molecule has 6 heteroatoms. The molecule has 1 rings (SSSR count). The van der Waals surface area contributed by atoms with Crippen molar-refractivity contribution in [2.75, 3.05) is 0 Å². The van der Waals surface area contributed by atoms with Gasteiger partial charge in [-0.15, -0.1) is 0 Å². The van der Waals surface area contributed by atoms with Crippen LogP contribution in [-0.4, -0.2) is 16.1 Å². The third kappa shape index (κ3) is 1.51. The minimum Gasteiger partial charge on any atom is -0.474 e. The van der Waals surface area contributed by atoms with E-state index in [4.69, 9.17) is 5.11 Å². The fraction of sp³-hybridized carbons (Fsp3) is 0.200. The summed E-state index contributed by atoms with van der Waals surface area (Å²) >= 11 is 0. The van der Waals surface area contributed by atoms with Crippen LogP contribution in [0.3, 0.4) is 0 Å². The summed E-state index contributed by atoms with van der Waals surface area (Å²) in [5, 5.41) is 8.18. The van der Waals surface area contributed by atoms with Crippen LogP contribution in [-0.2, 0) is 0 Å². The predicted octanol–water partition coefficient (Wildman–Crippen LogP) is 1.31. The van der Waals surface area contributed by atoms with Crippen molar-refractivity contribution in [2.45, 2.75) is 6.43 Å². The molecule has 0 unspecified atom stereocenters. The fourth-order valence-electron chi connectivity index (χ4n) is 0.486. The minimum atomic E-state index is -2.82. The zero-order chi connectivity index (χ0) is 8.43. The van der Waals surface area contributed by atoms with Crippen LogP contribution < -0.4 is 0 Å². The van der Waals surface area contributed by atoms with E-state index >= 15 is 0 Å². The van der Waals surface area contributed by atoms with Gasteiger partial charge in [-0.25, -0.2) is 18.6 Å². The second-order valence-electron chi connectivity index (χ2n) is 1.67. The molecule has 0 aliphatic heterocycles. The summed E-state index contributed by atoms with van der Waals surface area (Å²) in [5.74, 6) is -2.92. The summed E-state index contributed by atoms with van der Waals surface area (Å²) < 4.78 is 27.6. The Labute approximate surface area is 59.5 Å². The number of carboxylic acids is 1. The van der Waals surface area contributed by atoms with E-state index in [-0.39, 0.29) is 0 Å². The van der Waals surface area contributed by atoms with Crippen molar-refractivity contribution < 1.29 is 23.1 Å². The van der Waals surface area contributed by atoms with Crippen LogP contribution in [0.2, 0.25) is 0 Å². The van der Waals surface area contributed by atoms with Gasteiger partial charge in [-0.2, -0.15) is 0 Å². The van der Waals surface area contributed by atoms with E-state index in [0.717, 1.165) is 0 Å². The number of nitrogens with zero attached hydrogens (tertiary/aromatic N) is 1. The maximum Gasteiger partial charge on any atom is 0.392 e. The van der Waals surface area contributed by atoms with Gasteiger partial charge in [0.15, 0.2) is 5.76 Å². The molecule has 1 aromatic heterocycles. The standard InChI is InChI=1S/C5H3F2NO3/c6-3(7)2-1-8-4(11-2)5(9)10/h1,3H,(H,9,10). The van der Waals surface area contributed by atoms with Gasteiger partial charge in [-0.05, 0) is 0 Å². The lowest BCUT2D eigenvalue weighted by atomic mass is 10.5. The first-order valence-electron chi connectivity index (χ1n) is 2.58. The molecule has 0 aromatic carbocycles. The van der Waals surface area contributed by atoms with Crippen molar-refractivity contribution in [1.29, 1.82) is 0 Å². The van der Waals surface area contributed by atoms with Gasteiger partial charge in [-0.1, -0.05) is 0 Å². The first-order valence-corrected chi connectivity index (χ1v) is 2.58. The number of oxazole rings is 1. The molecule has 4 nitrogen and oxygen atoms in total. The van der Waals surface area contributed by atoms with Crippen molar-refractivity contribution in [3.8, 4) is 0 Å². The van der Waals surface area contributed by atoms with Crippen molar-refractivity contribution in [3.63, 3.8) is 0 Å². The Morgan fingerprint density at radius 2 is 2.36 bits per heavy atom. The molecule has 1 heterocycles. The Balaban J connectivity index is 2.90. The van der Waals surface area contributed by atoms with Crippen molar-refractivity contribution in [2.24, 2.45) is 0 Å². The molecule has 0 atom stereocenters. The molecular formula is C5H3F2NO3. The van der Waals surface area contributed by atoms with Crippen LogP contribution >= 0.6 is 0 Å². The number of carbonyl (C=O) groups is 1. The summed E-state index contributed by atoms with van der Waals surface area (Å²) in [4.78, 5) is 13.1. The lowest BCUT2D eigenvalue weighted by molar-refractivity contribution is 0.0636. The van der Waals surface area contributed by atoms with Gasteiger partial charge in [-0.3, -0.25) is 0 Å². The number of halogens is 2. The number of aromatic carboxylic acids is 1. The summed E-state index contributed by atoms with van der Waals surface area (Å²) in [5.41, 5.74) is 0. The van der Waals surface area contributed by atoms with Gasteiger partial charge in [0.05, 0.1) is 6.20 Å². The topological polar surface area (TPSA) is 63.3 Å². The molecule has 60 valence electrons. The van der Waals surface area contributed by atoms with Crippen LogP contribution in [0.4, 0.5) is 8.78 Å². The maximum atomic E-state index is 11.7. The molecule has 0 aliphatic rings. The molecule has 0 aliphatic carbocycles. The number of hydrogen-bond donors (Lipinski definition) is 1. The Morgan fingerprint density at radius 3 is 2.64 bits per heavy atom. The van der Waals surface area contributed by atoms with E-state index in [2.05, 4.69) is 9.40 Å².